The van der Waals surface area contributed by atoms with Crippen molar-refractivity contribution >= 4 is 29.1 Å². The van der Waals surface area contributed by atoms with Gasteiger partial charge >= 0.3 is 12.1 Å². The Morgan fingerprint density at radius 3 is 2.94 bits per heavy atom. The standard InChI is InChI=1S/C10H11NO4S/c1-3-4-15-10(14)11-7-5-16-6(2)8(7)9(12)13/h3,5H,1,4H2,2H3,(H,11,14)(H,12,13). The molecule has 1 rings (SSSR count). The second-order valence-electron chi connectivity index (χ2n) is 2.90. The highest BCUT2D eigenvalue weighted by atomic mass is 32.1. The number of carbonyl (C=O) groups is 2. The van der Waals surface area contributed by atoms with Crippen LogP contribution >= 0.6 is 11.3 Å². The van der Waals surface area contributed by atoms with Crippen LogP contribution in [0, 0.1) is 6.92 Å². The van der Waals surface area contributed by atoms with Crippen LogP contribution in [0.4, 0.5) is 10.5 Å². The number of aryl methyl sites for hydroxylation is 1. The second kappa shape index (κ2) is 5.32. The van der Waals surface area contributed by atoms with E-state index in [-0.39, 0.29) is 17.9 Å². The first kappa shape index (κ1) is 12.3. The Kier molecular flexibility index (Phi) is 4.07. The van der Waals surface area contributed by atoms with Crippen LogP contribution in [-0.4, -0.2) is 23.8 Å². The van der Waals surface area contributed by atoms with E-state index in [4.69, 9.17) is 5.11 Å². The zero-order chi connectivity index (χ0) is 12.1. The first-order chi connectivity index (χ1) is 7.56. The summed E-state index contributed by atoms with van der Waals surface area (Å²) in [4.78, 5) is 22.7. The van der Waals surface area contributed by atoms with Gasteiger partial charge in [-0.25, -0.2) is 9.59 Å². The lowest BCUT2D eigenvalue weighted by atomic mass is 10.2. The first-order valence-electron chi connectivity index (χ1n) is 4.42. The number of ether oxygens (including phenoxy) is 1. The lowest BCUT2D eigenvalue weighted by Gasteiger charge is -2.04. The molecule has 0 atom stereocenters. The Morgan fingerprint density at radius 2 is 2.38 bits per heavy atom. The van der Waals surface area contributed by atoms with Crippen molar-refractivity contribution < 1.29 is 19.4 Å². The number of carboxylic acid groups (broad SMARTS) is 1. The summed E-state index contributed by atoms with van der Waals surface area (Å²) in [5, 5.41) is 12.9. The maximum absolute atomic E-state index is 11.2. The summed E-state index contributed by atoms with van der Waals surface area (Å²) in [5.41, 5.74) is 0.351. The number of nitrogens with one attached hydrogen (secondary N) is 1. The number of thiophene rings is 1. The van der Waals surface area contributed by atoms with E-state index in [1.807, 2.05) is 0 Å². The molecule has 1 aromatic heterocycles. The van der Waals surface area contributed by atoms with Gasteiger partial charge in [-0.15, -0.1) is 11.3 Å². The fourth-order valence-electron chi connectivity index (χ4n) is 1.09. The molecule has 1 amide bonds. The molecule has 5 nitrogen and oxygen atoms in total. The molecule has 86 valence electrons. The number of rotatable bonds is 4. The summed E-state index contributed by atoms with van der Waals surface area (Å²) in [6, 6.07) is 0. The van der Waals surface area contributed by atoms with Crippen LogP contribution in [0.3, 0.4) is 0 Å². The molecule has 0 radical (unpaired) electrons. The third-order valence-corrected chi connectivity index (χ3v) is 2.67. The smallest absolute Gasteiger partial charge is 0.411 e. The summed E-state index contributed by atoms with van der Waals surface area (Å²) in [5.74, 6) is -1.07. The zero-order valence-electron chi connectivity index (χ0n) is 8.65. The molecule has 0 aliphatic heterocycles. The van der Waals surface area contributed by atoms with E-state index in [1.54, 1.807) is 12.3 Å². The van der Waals surface area contributed by atoms with Gasteiger partial charge in [-0.3, -0.25) is 5.32 Å². The average Bonchev–Trinajstić information content (AvgIpc) is 2.56. The molecule has 1 heterocycles. The first-order valence-corrected chi connectivity index (χ1v) is 5.30. The van der Waals surface area contributed by atoms with Crippen molar-refractivity contribution in [2.24, 2.45) is 0 Å². The Bertz CT molecular complexity index is 424. The number of hydrogen-bond acceptors (Lipinski definition) is 4. The number of carboxylic acids is 1. The molecule has 6 heteroatoms. The van der Waals surface area contributed by atoms with Gasteiger partial charge in [-0.05, 0) is 6.92 Å². The second-order valence-corrected chi connectivity index (χ2v) is 3.98. The van der Waals surface area contributed by atoms with Crippen LogP contribution in [0.5, 0.6) is 0 Å². The summed E-state index contributed by atoms with van der Waals surface area (Å²) >= 11 is 1.25. The van der Waals surface area contributed by atoms with Gasteiger partial charge in [0.2, 0.25) is 0 Å². The zero-order valence-corrected chi connectivity index (χ0v) is 9.47. The maximum Gasteiger partial charge on any atom is 0.411 e. The molecule has 0 aliphatic carbocycles. The van der Waals surface area contributed by atoms with Crippen LogP contribution < -0.4 is 5.32 Å². The molecule has 16 heavy (non-hydrogen) atoms. The highest BCUT2D eigenvalue weighted by Gasteiger charge is 2.17. The third kappa shape index (κ3) is 2.83. The van der Waals surface area contributed by atoms with Gasteiger partial charge in [0.25, 0.3) is 0 Å². The minimum absolute atomic E-state index is 0.0807. The van der Waals surface area contributed by atoms with Crippen molar-refractivity contribution in [1.82, 2.24) is 0 Å². The topological polar surface area (TPSA) is 75.6 Å². The van der Waals surface area contributed by atoms with Gasteiger partial charge in [0.05, 0.1) is 11.3 Å². The fourth-order valence-corrected chi connectivity index (χ4v) is 1.88. The van der Waals surface area contributed by atoms with Gasteiger partial charge in [0, 0.05) is 10.3 Å². The third-order valence-electron chi connectivity index (χ3n) is 1.76. The minimum atomic E-state index is -1.07. The molecular formula is C10H11NO4S. The molecule has 0 bridgehead atoms. The Labute approximate surface area is 96.4 Å². The molecule has 0 aromatic carbocycles. The number of aromatic carboxylic acids is 1. The van der Waals surface area contributed by atoms with Gasteiger partial charge in [0.15, 0.2) is 0 Å². The minimum Gasteiger partial charge on any atom is -0.478 e. The highest BCUT2D eigenvalue weighted by Crippen LogP contribution is 2.26. The van der Waals surface area contributed by atoms with Crippen LogP contribution in [0.2, 0.25) is 0 Å². The molecular weight excluding hydrogens is 230 g/mol. The van der Waals surface area contributed by atoms with Crippen molar-refractivity contribution in [2.45, 2.75) is 6.92 Å². The van der Waals surface area contributed by atoms with Crippen LogP contribution in [0.15, 0.2) is 18.0 Å². The van der Waals surface area contributed by atoms with E-state index >= 15 is 0 Å². The molecule has 0 fully saturated rings. The predicted octanol–water partition coefficient (Wildman–Crippen LogP) is 2.49. The molecule has 0 unspecified atom stereocenters. The van der Waals surface area contributed by atoms with Crippen molar-refractivity contribution in [3.05, 3.63) is 28.5 Å². The predicted molar refractivity (Wildman–Crippen MR) is 61.2 cm³/mol. The number of hydrogen-bond donors (Lipinski definition) is 2. The van der Waals surface area contributed by atoms with Gasteiger partial charge in [-0.1, -0.05) is 12.7 Å². The number of carbonyl (C=O) groups excluding carboxylic acids is 1. The van der Waals surface area contributed by atoms with Crippen LogP contribution in [0.1, 0.15) is 15.2 Å². The molecule has 2 N–H and O–H groups in total. The normalized spacial score (nSPS) is 9.56. The Hall–Kier alpha value is -1.82. The van der Waals surface area contributed by atoms with Gasteiger partial charge < -0.3 is 9.84 Å². The summed E-state index contributed by atoms with van der Waals surface area (Å²) in [6.07, 6.45) is 0.733. The molecule has 0 saturated carbocycles. The average molecular weight is 241 g/mol. The Balaban J connectivity index is 2.77. The number of amides is 1. The van der Waals surface area contributed by atoms with Gasteiger partial charge in [0.1, 0.15) is 6.61 Å². The van der Waals surface area contributed by atoms with E-state index in [0.717, 1.165) is 0 Å². The fraction of sp³-hybridized carbons (Fsp3) is 0.200. The molecule has 0 spiro atoms. The van der Waals surface area contributed by atoms with Crippen LogP contribution in [-0.2, 0) is 4.74 Å². The van der Waals surface area contributed by atoms with E-state index < -0.39 is 12.1 Å². The van der Waals surface area contributed by atoms with Crippen molar-refractivity contribution in [3.8, 4) is 0 Å². The van der Waals surface area contributed by atoms with Crippen molar-refractivity contribution in [2.75, 3.05) is 11.9 Å². The van der Waals surface area contributed by atoms with Gasteiger partial charge in [-0.2, -0.15) is 0 Å². The molecule has 1 aromatic rings. The van der Waals surface area contributed by atoms with E-state index in [0.29, 0.717) is 4.88 Å². The summed E-state index contributed by atoms with van der Waals surface area (Å²) in [7, 11) is 0. The Morgan fingerprint density at radius 1 is 1.69 bits per heavy atom. The van der Waals surface area contributed by atoms with E-state index in [9.17, 15) is 9.59 Å². The lowest BCUT2D eigenvalue weighted by molar-refractivity contribution is 0.0698. The quantitative estimate of drug-likeness (QED) is 0.794. The maximum atomic E-state index is 11.2. The monoisotopic (exact) mass is 241 g/mol. The lowest BCUT2D eigenvalue weighted by Crippen LogP contribution is -2.15. The van der Waals surface area contributed by atoms with E-state index in [1.165, 1.54) is 17.4 Å². The van der Waals surface area contributed by atoms with Crippen LogP contribution in [0.25, 0.3) is 0 Å². The molecule has 0 aliphatic rings. The van der Waals surface area contributed by atoms with Crippen molar-refractivity contribution in [1.29, 1.82) is 0 Å². The summed E-state index contributed by atoms with van der Waals surface area (Å²) < 4.78 is 4.68. The van der Waals surface area contributed by atoms with E-state index in [2.05, 4.69) is 16.6 Å². The SMILES string of the molecule is C=CCOC(=O)Nc1csc(C)c1C(=O)O. The highest BCUT2D eigenvalue weighted by molar-refractivity contribution is 7.10. The van der Waals surface area contributed by atoms with Crippen molar-refractivity contribution in [3.63, 3.8) is 0 Å². The summed E-state index contributed by atoms with van der Waals surface area (Å²) in [6.45, 7) is 5.15. The largest absolute Gasteiger partial charge is 0.478 e. The molecule has 0 saturated heterocycles. The number of anilines is 1.